The Hall–Kier alpha value is -3.23. The smallest absolute Gasteiger partial charge is 0.414 e. The van der Waals surface area contributed by atoms with Gasteiger partial charge in [0, 0.05) is 20.0 Å². The van der Waals surface area contributed by atoms with E-state index in [9.17, 15) is 25.0 Å². The van der Waals surface area contributed by atoms with Crippen molar-refractivity contribution in [3.63, 3.8) is 0 Å². The number of rotatable bonds is 8. The average molecular weight is 345 g/mol. The third kappa shape index (κ3) is 18.8. The molecule has 0 unspecified atom stereocenters. The number of hydrogen-bond acceptors (Lipinski definition) is 9. The van der Waals surface area contributed by atoms with E-state index in [2.05, 4.69) is 9.68 Å². The Morgan fingerprint density at radius 3 is 1.43 bits per heavy atom. The SMILES string of the molecule is CC(=O)N(CCO[N+](=O)[O-])CCO[N+](=O)[O-].O.O=C(O)C(=O)O. The number of hydrogen-bond donors (Lipinski definition) is 2. The van der Waals surface area contributed by atoms with Crippen molar-refractivity contribution < 1.29 is 49.9 Å². The molecule has 0 saturated heterocycles. The molecule has 0 rings (SSSR count). The summed E-state index contributed by atoms with van der Waals surface area (Å²) >= 11 is 0. The van der Waals surface area contributed by atoms with Crippen LogP contribution in [0.1, 0.15) is 6.92 Å². The number of carbonyl (C=O) groups is 3. The fraction of sp³-hybridized carbons (Fsp3) is 0.625. The van der Waals surface area contributed by atoms with Gasteiger partial charge in [0.15, 0.2) is 0 Å². The van der Waals surface area contributed by atoms with Gasteiger partial charge in [0.25, 0.3) is 10.2 Å². The fourth-order valence-electron chi connectivity index (χ4n) is 0.878. The van der Waals surface area contributed by atoms with E-state index in [-0.39, 0.29) is 37.7 Å². The number of nitrogens with zero attached hydrogens (tertiary/aromatic N) is 3. The zero-order valence-corrected chi connectivity index (χ0v) is 11.7. The lowest BCUT2D eigenvalue weighted by atomic mass is 10.4. The predicted molar refractivity (Wildman–Crippen MR) is 67.0 cm³/mol. The summed E-state index contributed by atoms with van der Waals surface area (Å²) in [5.74, 6) is -4.02. The summed E-state index contributed by atoms with van der Waals surface area (Å²) in [6.07, 6.45) is 0. The second kappa shape index (κ2) is 13.7. The van der Waals surface area contributed by atoms with Crippen LogP contribution in [0.15, 0.2) is 0 Å². The Morgan fingerprint density at radius 1 is 0.957 bits per heavy atom. The second-order valence-electron chi connectivity index (χ2n) is 3.23. The Morgan fingerprint density at radius 2 is 1.26 bits per heavy atom. The standard InChI is InChI=1S/C6H11N3O7.C2H2O4.H2O/c1-6(10)7(2-4-15-8(11)12)3-5-16-9(13)14;3-1(4)2(5)6;/h2-5H2,1H3;(H,3,4)(H,5,6);1H2. The van der Waals surface area contributed by atoms with Crippen molar-refractivity contribution in [1.29, 1.82) is 0 Å². The molecule has 4 N–H and O–H groups in total. The highest BCUT2D eigenvalue weighted by atomic mass is 17.0. The van der Waals surface area contributed by atoms with Gasteiger partial charge in [-0.3, -0.25) is 4.79 Å². The molecule has 15 heteroatoms. The van der Waals surface area contributed by atoms with Gasteiger partial charge >= 0.3 is 11.9 Å². The van der Waals surface area contributed by atoms with Gasteiger partial charge in [-0.1, -0.05) is 0 Å². The van der Waals surface area contributed by atoms with E-state index >= 15 is 0 Å². The van der Waals surface area contributed by atoms with Crippen molar-refractivity contribution in [3.8, 4) is 0 Å². The normalized spacial score (nSPS) is 8.39. The van der Waals surface area contributed by atoms with Crippen molar-refractivity contribution in [2.24, 2.45) is 0 Å². The summed E-state index contributed by atoms with van der Waals surface area (Å²) in [7, 11) is 0. The molecule has 15 nitrogen and oxygen atoms in total. The molecule has 0 atom stereocenters. The van der Waals surface area contributed by atoms with E-state index in [1.807, 2.05) is 0 Å². The van der Waals surface area contributed by atoms with Gasteiger partial charge in [0.05, 0.1) is 0 Å². The van der Waals surface area contributed by atoms with E-state index in [4.69, 9.17) is 19.8 Å². The van der Waals surface area contributed by atoms with Crippen LogP contribution in [0.4, 0.5) is 0 Å². The topological polar surface area (TPSA) is 231 Å². The first-order valence-electron chi connectivity index (χ1n) is 5.34. The predicted octanol–water partition coefficient (Wildman–Crippen LogP) is -2.42. The van der Waals surface area contributed by atoms with Crippen LogP contribution in [0.2, 0.25) is 0 Å². The van der Waals surface area contributed by atoms with Crippen LogP contribution in [0, 0.1) is 20.2 Å². The van der Waals surface area contributed by atoms with Gasteiger partial charge in [0.2, 0.25) is 5.91 Å². The van der Waals surface area contributed by atoms with Gasteiger partial charge in [-0.05, 0) is 0 Å². The second-order valence-corrected chi connectivity index (χ2v) is 3.23. The van der Waals surface area contributed by atoms with Crippen LogP contribution < -0.4 is 0 Å². The fourth-order valence-corrected chi connectivity index (χ4v) is 0.878. The Bertz CT molecular complexity index is 393. The van der Waals surface area contributed by atoms with Crippen LogP contribution >= 0.6 is 0 Å². The van der Waals surface area contributed by atoms with Gasteiger partial charge in [-0.15, -0.1) is 20.2 Å². The molecule has 0 aromatic carbocycles. The van der Waals surface area contributed by atoms with Gasteiger partial charge in [0.1, 0.15) is 13.2 Å². The molecule has 0 saturated carbocycles. The maximum atomic E-state index is 11.0. The van der Waals surface area contributed by atoms with E-state index in [0.717, 1.165) is 4.90 Å². The van der Waals surface area contributed by atoms with Crippen LogP contribution in [0.25, 0.3) is 0 Å². The molecule has 0 aliphatic carbocycles. The van der Waals surface area contributed by atoms with Gasteiger partial charge in [-0.2, -0.15) is 0 Å². The minimum atomic E-state index is -1.82. The number of aliphatic carboxylic acids is 2. The van der Waals surface area contributed by atoms with Crippen LogP contribution in [-0.2, 0) is 24.1 Å². The lowest BCUT2D eigenvalue weighted by Gasteiger charge is -2.19. The molecule has 0 spiro atoms. The maximum absolute atomic E-state index is 11.0. The molecule has 0 bridgehead atoms. The number of carboxylic acid groups (broad SMARTS) is 2. The first-order valence-corrected chi connectivity index (χ1v) is 5.34. The van der Waals surface area contributed by atoms with E-state index in [1.54, 1.807) is 0 Å². The molecular weight excluding hydrogens is 330 g/mol. The molecule has 0 aliphatic heterocycles. The first kappa shape index (κ1) is 24.8. The van der Waals surface area contributed by atoms with Gasteiger partial charge < -0.3 is 30.3 Å². The van der Waals surface area contributed by atoms with E-state index < -0.39 is 22.1 Å². The highest BCUT2D eigenvalue weighted by Gasteiger charge is 2.10. The summed E-state index contributed by atoms with van der Waals surface area (Å²) in [6.45, 7) is 0.600. The molecule has 23 heavy (non-hydrogen) atoms. The summed E-state index contributed by atoms with van der Waals surface area (Å²) in [6, 6.07) is 0. The quantitative estimate of drug-likeness (QED) is 0.267. The molecule has 0 fully saturated rings. The highest BCUT2D eigenvalue weighted by molar-refractivity contribution is 6.27. The van der Waals surface area contributed by atoms with Gasteiger partial charge in [-0.25, -0.2) is 9.59 Å². The molecule has 1 amide bonds. The molecule has 0 heterocycles. The van der Waals surface area contributed by atoms with Crippen molar-refractivity contribution in [2.45, 2.75) is 6.92 Å². The molecule has 0 radical (unpaired) electrons. The molecular formula is C8H15N3O12. The van der Waals surface area contributed by atoms with E-state index in [0.29, 0.717) is 0 Å². The Labute approximate surface area is 127 Å². The summed E-state index contributed by atoms with van der Waals surface area (Å²) in [5.41, 5.74) is 0. The summed E-state index contributed by atoms with van der Waals surface area (Å²) in [5, 5.41) is 32.5. The third-order valence-electron chi connectivity index (χ3n) is 1.74. The Kier molecular flexibility index (Phi) is 14.8. The Balaban J connectivity index is -0.000000487. The maximum Gasteiger partial charge on any atom is 0.414 e. The molecule has 0 aliphatic rings. The number of amides is 1. The van der Waals surface area contributed by atoms with Crippen LogP contribution in [0.5, 0.6) is 0 Å². The van der Waals surface area contributed by atoms with E-state index in [1.165, 1.54) is 6.92 Å². The monoisotopic (exact) mass is 345 g/mol. The highest BCUT2D eigenvalue weighted by Crippen LogP contribution is 1.91. The van der Waals surface area contributed by atoms with Crippen LogP contribution in [-0.4, -0.2) is 74.9 Å². The lowest BCUT2D eigenvalue weighted by Crippen LogP contribution is -2.35. The summed E-state index contributed by atoms with van der Waals surface area (Å²) in [4.78, 5) is 58.0. The third-order valence-corrected chi connectivity index (χ3v) is 1.74. The molecule has 134 valence electrons. The molecule has 0 aromatic heterocycles. The van der Waals surface area contributed by atoms with Crippen molar-refractivity contribution in [1.82, 2.24) is 4.90 Å². The minimum Gasteiger partial charge on any atom is -0.473 e. The average Bonchev–Trinajstić information content (AvgIpc) is 2.36. The first-order chi connectivity index (χ1) is 10.1. The summed E-state index contributed by atoms with van der Waals surface area (Å²) < 4.78 is 0. The zero-order chi connectivity index (χ0) is 17.7. The van der Waals surface area contributed by atoms with Crippen molar-refractivity contribution in [2.75, 3.05) is 26.3 Å². The van der Waals surface area contributed by atoms with Crippen molar-refractivity contribution >= 4 is 17.8 Å². The number of carbonyl (C=O) groups excluding carboxylic acids is 1. The number of carboxylic acids is 2. The zero-order valence-electron chi connectivity index (χ0n) is 11.7. The van der Waals surface area contributed by atoms with Crippen LogP contribution in [0.3, 0.4) is 0 Å². The van der Waals surface area contributed by atoms with Crippen molar-refractivity contribution in [3.05, 3.63) is 20.2 Å². The molecule has 0 aromatic rings. The minimum absolute atomic E-state index is 0. The largest absolute Gasteiger partial charge is 0.473 e. The lowest BCUT2D eigenvalue weighted by molar-refractivity contribution is -0.758.